The predicted octanol–water partition coefficient (Wildman–Crippen LogP) is 1.83. The highest BCUT2D eigenvalue weighted by Crippen LogP contribution is 2.43. The fourth-order valence-corrected chi connectivity index (χ4v) is 2.58. The number of rotatable bonds is 3. The Bertz CT molecular complexity index is 241. The van der Waals surface area contributed by atoms with Gasteiger partial charge in [-0.05, 0) is 38.5 Å². The summed E-state index contributed by atoms with van der Waals surface area (Å²) in [5.41, 5.74) is 0.175. The Morgan fingerprint density at radius 1 is 1.40 bits per heavy atom. The number of carbonyl (C=O) groups is 1. The van der Waals surface area contributed by atoms with Crippen LogP contribution in [0, 0.1) is 0 Å². The number of alkyl halides is 1. The molecule has 15 heavy (non-hydrogen) atoms. The molecule has 1 aliphatic heterocycles. The van der Waals surface area contributed by atoms with Crippen LogP contribution in [0.3, 0.4) is 0 Å². The van der Waals surface area contributed by atoms with Gasteiger partial charge in [-0.25, -0.2) is 0 Å². The fourth-order valence-electron chi connectivity index (χ4n) is 2.48. The Morgan fingerprint density at radius 3 is 2.73 bits per heavy atom. The first-order valence-electron chi connectivity index (χ1n) is 5.75. The number of hydrogen-bond acceptors (Lipinski definition) is 2. The molecule has 0 aromatic rings. The van der Waals surface area contributed by atoms with Gasteiger partial charge in [0.25, 0.3) is 0 Å². The third-order valence-electron chi connectivity index (χ3n) is 3.49. The third kappa shape index (κ3) is 2.64. The van der Waals surface area contributed by atoms with Crippen LogP contribution >= 0.6 is 11.6 Å². The summed E-state index contributed by atoms with van der Waals surface area (Å²) < 4.78 is 6.05. The molecule has 0 bridgehead atoms. The average molecular weight is 232 g/mol. The molecule has 2 rings (SSSR count). The molecule has 1 amide bonds. The molecule has 0 radical (unpaired) electrons. The van der Waals surface area contributed by atoms with Crippen molar-refractivity contribution in [3.8, 4) is 0 Å². The quantitative estimate of drug-likeness (QED) is 0.753. The number of carbonyl (C=O) groups excluding carboxylic acids is 1. The van der Waals surface area contributed by atoms with Gasteiger partial charge in [0.05, 0.1) is 11.7 Å². The van der Waals surface area contributed by atoms with Crippen molar-refractivity contribution in [1.29, 1.82) is 0 Å². The lowest BCUT2D eigenvalue weighted by atomic mass is 9.74. The second-order valence-electron chi connectivity index (χ2n) is 4.61. The molecule has 1 N–H and O–H groups in total. The first-order chi connectivity index (χ1) is 7.24. The van der Waals surface area contributed by atoms with Crippen LogP contribution in [0.15, 0.2) is 0 Å². The maximum atomic E-state index is 11.0. The molecule has 1 saturated heterocycles. The van der Waals surface area contributed by atoms with E-state index >= 15 is 0 Å². The summed E-state index contributed by atoms with van der Waals surface area (Å²) in [7, 11) is 0. The van der Waals surface area contributed by atoms with E-state index in [9.17, 15) is 4.79 Å². The second-order valence-corrected chi connectivity index (χ2v) is 4.87. The van der Waals surface area contributed by atoms with E-state index in [2.05, 4.69) is 5.32 Å². The number of halogens is 1. The van der Waals surface area contributed by atoms with E-state index in [0.29, 0.717) is 6.54 Å². The SMILES string of the molecule is O=C(CCl)NCC1CCCC2(CCC2)O1. The lowest BCUT2D eigenvalue weighted by Gasteiger charge is -2.47. The van der Waals surface area contributed by atoms with E-state index in [0.717, 1.165) is 6.42 Å². The molecule has 1 aliphatic carbocycles. The van der Waals surface area contributed by atoms with Crippen LogP contribution in [0.25, 0.3) is 0 Å². The summed E-state index contributed by atoms with van der Waals surface area (Å²) in [4.78, 5) is 11.0. The van der Waals surface area contributed by atoms with Gasteiger partial charge in [0.2, 0.25) is 5.91 Å². The lowest BCUT2D eigenvalue weighted by molar-refractivity contribution is -0.167. The largest absolute Gasteiger partial charge is 0.370 e. The molecular formula is C11H18ClNO2. The van der Waals surface area contributed by atoms with Gasteiger partial charge in [0.1, 0.15) is 5.88 Å². The van der Waals surface area contributed by atoms with Crippen molar-refractivity contribution < 1.29 is 9.53 Å². The zero-order valence-corrected chi connectivity index (χ0v) is 9.68. The Kier molecular flexibility index (Phi) is 3.52. The fraction of sp³-hybridized carbons (Fsp3) is 0.909. The van der Waals surface area contributed by atoms with Gasteiger partial charge in [-0.2, -0.15) is 0 Å². The number of amides is 1. The molecule has 3 nitrogen and oxygen atoms in total. The van der Waals surface area contributed by atoms with Crippen LogP contribution in [0.4, 0.5) is 0 Å². The van der Waals surface area contributed by atoms with Crippen molar-refractivity contribution in [3.63, 3.8) is 0 Å². The molecule has 0 aromatic heterocycles. The molecule has 2 fully saturated rings. The maximum absolute atomic E-state index is 11.0. The van der Waals surface area contributed by atoms with Gasteiger partial charge >= 0.3 is 0 Å². The average Bonchev–Trinajstić information content (AvgIpc) is 2.24. The Hall–Kier alpha value is -0.280. The summed E-state index contributed by atoms with van der Waals surface area (Å²) in [5.74, 6) is -0.0637. The van der Waals surface area contributed by atoms with Crippen LogP contribution in [0.2, 0.25) is 0 Å². The van der Waals surface area contributed by atoms with Gasteiger partial charge in [-0.15, -0.1) is 11.6 Å². The van der Waals surface area contributed by atoms with E-state index in [1.807, 2.05) is 0 Å². The number of ether oxygens (including phenoxy) is 1. The molecule has 1 atom stereocenters. The molecule has 2 aliphatic rings. The summed E-state index contributed by atoms with van der Waals surface area (Å²) in [5, 5.41) is 2.79. The van der Waals surface area contributed by atoms with E-state index < -0.39 is 0 Å². The van der Waals surface area contributed by atoms with E-state index in [4.69, 9.17) is 16.3 Å². The van der Waals surface area contributed by atoms with Crippen LogP contribution in [0.1, 0.15) is 38.5 Å². The minimum Gasteiger partial charge on any atom is -0.370 e. The second kappa shape index (κ2) is 4.71. The Labute approximate surface area is 95.5 Å². The van der Waals surface area contributed by atoms with E-state index in [-0.39, 0.29) is 23.5 Å². The summed E-state index contributed by atoms with van der Waals surface area (Å²) in [6.07, 6.45) is 7.38. The zero-order chi connectivity index (χ0) is 10.7. The smallest absolute Gasteiger partial charge is 0.235 e. The third-order valence-corrected chi connectivity index (χ3v) is 3.73. The van der Waals surface area contributed by atoms with Gasteiger partial charge in [0, 0.05) is 6.54 Å². The zero-order valence-electron chi connectivity index (χ0n) is 8.93. The van der Waals surface area contributed by atoms with Crippen molar-refractivity contribution in [2.24, 2.45) is 0 Å². The summed E-state index contributed by atoms with van der Waals surface area (Å²) in [6.45, 7) is 0.618. The van der Waals surface area contributed by atoms with Gasteiger partial charge in [-0.3, -0.25) is 4.79 Å². The van der Waals surface area contributed by atoms with Crippen molar-refractivity contribution in [2.45, 2.75) is 50.2 Å². The highest BCUT2D eigenvalue weighted by Gasteiger charge is 2.42. The van der Waals surface area contributed by atoms with Crippen molar-refractivity contribution >= 4 is 17.5 Å². The number of nitrogens with one attached hydrogen (secondary N) is 1. The molecule has 4 heteroatoms. The molecular weight excluding hydrogens is 214 g/mol. The van der Waals surface area contributed by atoms with E-state index in [1.54, 1.807) is 0 Å². The van der Waals surface area contributed by atoms with Crippen molar-refractivity contribution in [1.82, 2.24) is 5.32 Å². The highest BCUT2D eigenvalue weighted by molar-refractivity contribution is 6.27. The molecule has 0 aromatic carbocycles. The normalized spacial score (nSPS) is 28.5. The van der Waals surface area contributed by atoms with Crippen molar-refractivity contribution in [3.05, 3.63) is 0 Å². The van der Waals surface area contributed by atoms with Crippen molar-refractivity contribution in [2.75, 3.05) is 12.4 Å². The summed E-state index contributed by atoms with van der Waals surface area (Å²) in [6, 6.07) is 0. The molecule has 1 heterocycles. The minimum absolute atomic E-state index is 0.0395. The highest BCUT2D eigenvalue weighted by atomic mass is 35.5. The van der Waals surface area contributed by atoms with Gasteiger partial charge in [-0.1, -0.05) is 0 Å². The molecule has 86 valence electrons. The molecule has 1 saturated carbocycles. The predicted molar refractivity (Wildman–Crippen MR) is 59.0 cm³/mol. The molecule has 1 unspecified atom stereocenters. The van der Waals surface area contributed by atoms with Gasteiger partial charge < -0.3 is 10.1 Å². The number of hydrogen-bond donors (Lipinski definition) is 1. The maximum Gasteiger partial charge on any atom is 0.235 e. The van der Waals surface area contributed by atoms with Crippen LogP contribution < -0.4 is 5.32 Å². The van der Waals surface area contributed by atoms with Crippen LogP contribution in [-0.2, 0) is 9.53 Å². The van der Waals surface area contributed by atoms with Gasteiger partial charge in [0.15, 0.2) is 0 Å². The minimum atomic E-state index is -0.103. The first kappa shape index (κ1) is 11.2. The van der Waals surface area contributed by atoms with Crippen LogP contribution in [-0.4, -0.2) is 30.0 Å². The topological polar surface area (TPSA) is 38.3 Å². The summed E-state index contributed by atoms with van der Waals surface area (Å²) >= 11 is 5.41. The Balaban J connectivity index is 1.75. The Morgan fingerprint density at radius 2 is 2.13 bits per heavy atom. The van der Waals surface area contributed by atoms with E-state index in [1.165, 1.54) is 32.1 Å². The first-order valence-corrected chi connectivity index (χ1v) is 6.28. The standard InChI is InChI=1S/C11H18ClNO2/c12-7-10(14)13-8-9-3-1-4-11(15-9)5-2-6-11/h9H,1-8H2,(H,13,14). The molecule has 1 spiro atoms. The lowest BCUT2D eigenvalue weighted by Crippen LogP contribution is -2.49. The monoisotopic (exact) mass is 231 g/mol. The van der Waals surface area contributed by atoms with Crippen LogP contribution in [0.5, 0.6) is 0 Å².